The molecule has 2 aliphatic heterocycles. The van der Waals surface area contributed by atoms with Gasteiger partial charge in [-0.25, -0.2) is 15.0 Å². The lowest BCUT2D eigenvalue weighted by atomic mass is 9.82. The Kier molecular flexibility index (Phi) is 5.27. The molecular formula is C24H29N6O2+. The molecule has 3 aromatic rings. The second kappa shape index (κ2) is 8.11. The van der Waals surface area contributed by atoms with Crippen LogP contribution in [-0.2, 0) is 6.54 Å². The van der Waals surface area contributed by atoms with E-state index >= 15 is 0 Å². The Morgan fingerprint density at radius 1 is 1.16 bits per heavy atom. The predicted octanol–water partition coefficient (Wildman–Crippen LogP) is 2.23. The molecule has 8 heteroatoms. The van der Waals surface area contributed by atoms with Gasteiger partial charge in [0.1, 0.15) is 19.0 Å². The number of nitrogens with one attached hydrogen (secondary N) is 1. The smallest absolute Gasteiger partial charge is 0.255 e. The van der Waals surface area contributed by atoms with E-state index in [1.165, 1.54) is 6.33 Å². The van der Waals surface area contributed by atoms with Gasteiger partial charge in [0.2, 0.25) is 5.95 Å². The summed E-state index contributed by atoms with van der Waals surface area (Å²) in [7, 11) is 2.23. The third kappa shape index (κ3) is 4.03. The van der Waals surface area contributed by atoms with E-state index in [9.17, 15) is 9.90 Å². The van der Waals surface area contributed by atoms with Crippen LogP contribution in [0.1, 0.15) is 30.9 Å². The first kappa shape index (κ1) is 20.8. The monoisotopic (exact) mass is 433 g/mol. The molecule has 0 aliphatic carbocycles. The van der Waals surface area contributed by atoms with Gasteiger partial charge in [0, 0.05) is 31.6 Å². The van der Waals surface area contributed by atoms with E-state index in [2.05, 4.69) is 22.3 Å². The number of rotatable bonds is 4. The zero-order valence-electron chi connectivity index (χ0n) is 18.3. The third-order valence-corrected chi connectivity index (χ3v) is 7.10. The molecule has 0 unspecified atom stereocenters. The number of nitrogens with zero attached hydrogens (tertiary/aromatic N) is 5. The molecule has 1 atom stereocenters. The lowest BCUT2D eigenvalue weighted by Crippen LogP contribution is -2.60. The highest BCUT2D eigenvalue weighted by Crippen LogP contribution is 2.36. The Morgan fingerprint density at radius 2 is 1.94 bits per heavy atom. The molecule has 1 aromatic carbocycles. The maximum Gasteiger partial charge on any atom is 0.255 e. The summed E-state index contributed by atoms with van der Waals surface area (Å²) < 4.78 is 2.55. The van der Waals surface area contributed by atoms with Crippen LogP contribution in [0.3, 0.4) is 0 Å². The molecule has 5 rings (SSSR count). The Hall–Kier alpha value is -3.10. The molecule has 0 amide bonds. The highest BCUT2D eigenvalue weighted by Gasteiger charge is 2.43. The molecule has 0 saturated carbocycles. The average molecular weight is 434 g/mol. The van der Waals surface area contributed by atoms with Gasteiger partial charge in [-0.2, -0.15) is 0 Å². The number of aliphatic hydroxyl groups excluding tert-OH is 1. The maximum absolute atomic E-state index is 12.7. The van der Waals surface area contributed by atoms with Crippen molar-refractivity contribution in [3.8, 4) is 11.4 Å². The molecule has 2 N–H and O–H groups in total. The number of likely N-dealkylation sites (tertiary alicyclic amines) is 1. The number of fused-ring (bicyclic) bond motifs is 1. The fourth-order valence-corrected chi connectivity index (χ4v) is 4.98. The number of aliphatic hydroxyl groups is 1. The van der Waals surface area contributed by atoms with Crippen molar-refractivity contribution in [2.45, 2.75) is 37.5 Å². The number of hydrogen-bond acceptors (Lipinski definition) is 6. The van der Waals surface area contributed by atoms with Crippen molar-refractivity contribution in [3.05, 3.63) is 70.9 Å². The van der Waals surface area contributed by atoms with E-state index < -0.39 is 6.10 Å². The third-order valence-electron chi connectivity index (χ3n) is 7.10. The number of aromatic nitrogens is 4. The summed E-state index contributed by atoms with van der Waals surface area (Å²) in [5, 5.41) is 14.4. The molecule has 8 nitrogen and oxygen atoms in total. The van der Waals surface area contributed by atoms with E-state index in [4.69, 9.17) is 4.98 Å². The van der Waals surface area contributed by atoms with Crippen LogP contribution in [0.5, 0.6) is 0 Å². The number of likely N-dealkylation sites (N-methyl/N-ethyl adjacent to an activating group) is 1. The minimum absolute atomic E-state index is 0.0617. The predicted molar refractivity (Wildman–Crippen MR) is 122 cm³/mol. The van der Waals surface area contributed by atoms with E-state index in [1.54, 1.807) is 22.9 Å². The van der Waals surface area contributed by atoms with Crippen LogP contribution < -0.4 is 10.9 Å². The highest BCUT2D eigenvalue weighted by atomic mass is 16.3. The molecule has 4 heterocycles. The summed E-state index contributed by atoms with van der Waals surface area (Å²) in [6.07, 6.45) is 5.49. The van der Waals surface area contributed by atoms with Gasteiger partial charge in [0.05, 0.1) is 37.1 Å². The van der Waals surface area contributed by atoms with Crippen LogP contribution in [0.4, 0.5) is 5.95 Å². The van der Waals surface area contributed by atoms with Crippen LogP contribution >= 0.6 is 0 Å². The van der Waals surface area contributed by atoms with Gasteiger partial charge in [-0.05, 0) is 18.1 Å². The fraction of sp³-hybridized carbons (Fsp3) is 0.417. The van der Waals surface area contributed by atoms with Crippen LogP contribution in [0.15, 0.2) is 59.8 Å². The molecule has 2 aliphatic rings. The lowest BCUT2D eigenvalue weighted by molar-refractivity contribution is -0.918. The number of piperidine rings is 1. The zero-order chi connectivity index (χ0) is 22.2. The molecule has 1 fully saturated rings. The normalized spacial score (nSPS) is 25.7. The minimum atomic E-state index is -0.467. The summed E-state index contributed by atoms with van der Waals surface area (Å²) in [5.74, 6) is 0.623. The van der Waals surface area contributed by atoms with Crippen LogP contribution in [-0.4, -0.2) is 61.3 Å². The molecule has 2 aromatic heterocycles. The summed E-state index contributed by atoms with van der Waals surface area (Å²) >= 11 is 0. The van der Waals surface area contributed by atoms with Gasteiger partial charge in [0.15, 0.2) is 0 Å². The quantitative estimate of drug-likeness (QED) is 0.613. The number of hydrogen-bond donors (Lipinski definition) is 2. The first-order valence-electron chi connectivity index (χ1n) is 11.2. The molecule has 166 valence electrons. The van der Waals surface area contributed by atoms with Crippen molar-refractivity contribution >= 4 is 5.95 Å². The van der Waals surface area contributed by atoms with Gasteiger partial charge < -0.3 is 14.9 Å². The van der Waals surface area contributed by atoms with E-state index in [0.29, 0.717) is 30.4 Å². The average Bonchev–Trinajstić information content (AvgIpc) is 2.82. The minimum Gasteiger partial charge on any atom is -0.382 e. The van der Waals surface area contributed by atoms with Crippen molar-refractivity contribution in [2.75, 3.05) is 32.0 Å². The second-order valence-corrected chi connectivity index (χ2v) is 9.38. The standard InChI is InChI=1S/C24H28N6O2/c1-30(16-21(31)18-5-3-2-4-6-18)13-9-24(10-14-30)8-12-29-22(32)15-20(27-23(29)28-24)19-7-11-25-17-26-19/h2-7,11,15,17,21,31H,8-10,12-14,16H2,1H3/p+1/t21-,24?,30?/m1/s1. The molecule has 0 radical (unpaired) electrons. The van der Waals surface area contributed by atoms with Crippen molar-refractivity contribution < 1.29 is 9.59 Å². The molecule has 1 spiro atoms. The van der Waals surface area contributed by atoms with Gasteiger partial charge in [0.25, 0.3) is 5.56 Å². The van der Waals surface area contributed by atoms with E-state index in [-0.39, 0.29) is 11.1 Å². The number of anilines is 1. The fourth-order valence-electron chi connectivity index (χ4n) is 4.98. The second-order valence-electron chi connectivity index (χ2n) is 9.38. The molecule has 1 saturated heterocycles. The highest BCUT2D eigenvalue weighted by molar-refractivity contribution is 5.55. The zero-order valence-corrected chi connectivity index (χ0v) is 18.3. The van der Waals surface area contributed by atoms with Crippen LogP contribution in [0.2, 0.25) is 0 Å². The summed E-state index contributed by atoms with van der Waals surface area (Å²) in [6, 6.07) is 13.2. The first-order valence-corrected chi connectivity index (χ1v) is 11.2. The molecule has 32 heavy (non-hydrogen) atoms. The number of quaternary nitrogens is 1. The van der Waals surface area contributed by atoms with Crippen molar-refractivity contribution in [3.63, 3.8) is 0 Å². The number of benzene rings is 1. The van der Waals surface area contributed by atoms with E-state index in [0.717, 1.165) is 42.4 Å². The van der Waals surface area contributed by atoms with Gasteiger partial charge in [-0.3, -0.25) is 9.36 Å². The maximum atomic E-state index is 12.7. The van der Waals surface area contributed by atoms with Crippen molar-refractivity contribution in [1.82, 2.24) is 19.5 Å². The Morgan fingerprint density at radius 3 is 2.66 bits per heavy atom. The summed E-state index contributed by atoms with van der Waals surface area (Å²) in [4.78, 5) is 25.6. The first-order chi connectivity index (χ1) is 15.5. The van der Waals surface area contributed by atoms with Crippen LogP contribution in [0, 0.1) is 0 Å². The van der Waals surface area contributed by atoms with Crippen LogP contribution in [0.25, 0.3) is 11.4 Å². The Balaban J connectivity index is 1.32. The SMILES string of the molecule is C[N+]1(C[C@@H](O)c2ccccc2)CCC2(CCn3c(nc(-c4ccncn4)cc3=O)N2)CC1. The van der Waals surface area contributed by atoms with Crippen molar-refractivity contribution in [2.24, 2.45) is 0 Å². The molecule has 0 bridgehead atoms. The van der Waals surface area contributed by atoms with Gasteiger partial charge in [-0.15, -0.1) is 0 Å². The van der Waals surface area contributed by atoms with Gasteiger partial charge >= 0.3 is 0 Å². The summed E-state index contributed by atoms with van der Waals surface area (Å²) in [5.41, 5.74) is 2.05. The summed E-state index contributed by atoms with van der Waals surface area (Å²) in [6.45, 7) is 3.29. The van der Waals surface area contributed by atoms with Crippen molar-refractivity contribution in [1.29, 1.82) is 0 Å². The largest absolute Gasteiger partial charge is 0.382 e. The Labute approximate surface area is 187 Å². The van der Waals surface area contributed by atoms with E-state index in [1.807, 2.05) is 30.3 Å². The molecular weight excluding hydrogens is 404 g/mol. The van der Waals surface area contributed by atoms with Gasteiger partial charge in [-0.1, -0.05) is 30.3 Å². The Bertz CT molecular complexity index is 1140. The lowest BCUT2D eigenvalue weighted by Gasteiger charge is -2.49. The topological polar surface area (TPSA) is 92.9 Å².